The third kappa shape index (κ3) is 4.54. The van der Waals surface area contributed by atoms with Gasteiger partial charge in [-0.1, -0.05) is 121 Å². The first-order chi connectivity index (χ1) is 24.8. The van der Waals surface area contributed by atoms with E-state index >= 15 is 0 Å². The normalized spacial score (nSPS) is 11.6. The number of hydrogen-bond donors (Lipinski definition) is 0. The van der Waals surface area contributed by atoms with E-state index in [1.165, 1.54) is 16.2 Å². The molecule has 0 fully saturated rings. The van der Waals surface area contributed by atoms with E-state index in [0.29, 0.717) is 0 Å². The Hall–Kier alpha value is -6.78. The Labute approximate surface area is 289 Å². The molecule has 0 bridgehead atoms. The maximum absolute atomic E-state index is 5.29. The fourth-order valence-corrected chi connectivity index (χ4v) is 7.42. The summed E-state index contributed by atoms with van der Waals surface area (Å²) >= 11 is 0. The first-order valence-electron chi connectivity index (χ1n) is 16.9. The molecule has 4 nitrogen and oxygen atoms in total. The highest BCUT2D eigenvalue weighted by Crippen LogP contribution is 2.38. The van der Waals surface area contributed by atoms with Gasteiger partial charge in [-0.15, -0.1) is 0 Å². The molecule has 0 radical (unpaired) electrons. The molecule has 50 heavy (non-hydrogen) atoms. The van der Waals surface area contributed by atoms with Crippen LogP contribution in [-0.2, 0) is 0 Å². The molecule has 0 N–H and O–H groups in total. The third-order valence-corrected chi connectivity index (χ3v) is 9.75. The molecule has 234 valence electrons. The summed E-state index contributed by atoms with van der Waals surface area (Å²) in [5, 5.41) is 4.70. The highest BCUT2D eigenvalue weighted by Gasteiger charge is 2.18. The molecule has 4 heterocycles. The van der Waals surface area contributed by atoms with E-state index in [-0.39, 0.29) is 0 Å². The van der Waals surface area contributed by atoms with E-state index in [1.807, 2.05) is 18.3 Å². The predicted octanol–water partition coefficient (Wildman–Crippen LogP) is 11.7. The number of hydrogen-bond acceptors (Lipinski definition) is 2. The fraction of sp³-hybridized carbons (Fsp3) is 0. The van der Waals surface area contributed by atoms with Crippen LogP contribution in [0.5, 0.6) is 0 Å². The lowest BCUT2D eigenvalue weighted by Gasteiger charge is -2.13. The SMILES string of the molecule is c1ccc(-c2cc(-c3ccccc3)nc(-n3c4ccccc4c4cc(-c5cnc6c(c5)c5ccccc5n6-c5ccccc5)ccc43)c2)cc1. The average Bonchev–Trinajstić information content (AvgIpc) is 3.71. The third-order valence-electron chi connectivity index (χ3n) is 9.75. The summed E-state index contributed by atoms with van der Waals surface area (Å²) in [7, 11) is 0. The fourth-order valence-electron chi connectivity index (χ4n) is 7.42. The lowest BCUT2D eigenvalue weighted by Crippen LogP contribution is -2.00. The van der Waals surface area contributed by atoms with Crippen molar-refractivity contribution in [2.24, 2.45) is 0 Å². The summed E-state index contributed by atoms with van der Waals surface area (Å²) in [5.74, 6) is 0.890. The van der Waals surface area contributed by atoms with Gasteiger partial charge in [0, 0.05) is 44.6 Å². The van der Waals surface area contributed by atoms with Crippen molar-refractivity contribution >= 4 is 43.7 Å². The Kier molecular flexibility index (Phi) is 6.46. The summed E-state index contributed by atoms with van der Waals surface area (Å²) < 4.78 is 4.56. The smallest absolute Gasteiger partial charge is 0.145 e. The minimum atomic E-state index is 0.890. The summed E-state index contributed by atoms with van der Waals surface area (Å²) in [6.07, 6.45) is 2.01. The molecule has 4 heteroatoms. The van der Waals surface area contributed by atoms with E-state index in [9.17, 15) is 0 Å². The molecule has 6 aromatic carbocycles. The summed E-state index contributed by atoms with van der Waals surface area (Å²) in [5.41, 5.74) is 12.0. The van der Waals surface area contributed by atoms with E-state index in [0.717, 1.165) is 72.6 Å². The minimum absolute atomic E-state index is 0.890. The second kappa shape index (κ2) is 11.4. The molecule has 0 saturated heterocycles. The zero-order valence-corrected chi connectivity index (χ0v) is 27.1. The number of benzene rings is 6. The van der Waals surface area contributed by atoms with Crippen LogP contribution in [0, 0.1) is 0 Å². The van der Waals surface area contributed by atoms with Gasteiger partial charge in [0.2, 0.25) is 0 Å². The van der Waals surface area contributed by atoms with Gasteiger partial charge >= 0.3 is 0 Å². The number of nitrogens with zero attached hydrogens (tertiary/aromatic N) is 4. The van der Waals surface area contributed by atoms with Crippen molar-refractivity contribution in [3.05, 3.63) is 182 Å². The van der Waals surface area contributed by atoms with Crippen LogP contribution in [0.1, 0.15) is 0 Å². The number of para-hydroxylation sites is 3. The quantitative estimate of drug-likeness (QED) is 0.188. The van der Waals surface area contributed by atoms with E-state index in [2.05, 4.69) is 173 Å². The van der Waals surface area contributed by atoms with E-state index in [1.54, 1.807) is 0 Å². The van der Waals surface area contributed by atoms with E-state index in [4.69, 9.17) is 9.97 Å². The van der Waals surface area contributed by atoms with Gasteiger partial charge in [-0.3, -0.25) is 9.13 Å². The second-order valence-electron chi connectivity index (χ2n) is 12.7. The van der Waals surface area contributed by atoms with Gasteiger partial charge in [-0.25, -0.2) is 9.97 Å². The van der Waals surface area contributed by atoms with Crippen LogP contribution in [0.3, 0.4) is 0 Å². The molecule has 0 aliphatic heterocycles. The zero-order chi connectivity index (χ0) is 33.0. The number of fused-ring (bicyclic) bond motifs is 6. The molecule has 0 aliphatic rings. The molecule has 10 aromatic rings. The molecule has 10 rings (SSSR count). The summed E-state index contributed by atoms with van der Waals surface area (Å²) in [4.78, 5) is 10.4. The highest BCUT2D eigenvalue weighted by molar-refractivity contribution is 6.12. The first-order valence-corrected chi connectivity index (χ1v) is 16.9. The molecule has 4 aromatic heterocycles. The van der Waals surface area contributed by atoms with Gasteiger partial charge < -0.3 is 0 Å². The lowest BCUT2D eigenvalue weighted by molar-refractivity contribution is 1.08. The van der Waals surface area contributed by atoms with Crippen LogP contribution in [0.2, 0.25) is 0 Å². The molecule has 0 amide bonds. The lowest BCUT2D eigenvalue weighted by atomic mass is 10.0. The van der Waals surface area contributed by atoms with Crippen molar-refractivity contribution in [1.82, 2.24) is 19.1 Å². The second-order valence-corrected chi connectivity index (χ2v) is 12.7. The molecular formula is C46H30N4. The molecule has 0 aliphatic carbocycles. The van der Waals surface area contributed by atoms with Crippen LogP contribution in [0.4, 0.5) is 0 Å². The van der Waals surface area contributed by atoms with Crippen molar-refractivity contribution in [3.63, 3.8) is 0 Å². The Morgan fingerprint density at radius 2 is 0.940 bits per heavy atom. The maximum Gasteiger partial charge on any atom is 0.145 e. The van der Waals surface area contributed by atoms with Crippen LogP contribution in [0.15, 0.2) is 182 Å². The molecule has 0 spiro atoms. The van der Waals surface area contributed by atoms with Crippen LogP contribution < -0.4 is 0 Å². The summed E-state index contributed by atoms with van der Waals surface area (Å²) in [6.45, 7) is 0. The van der Waals surface area contributed by atoms with Gasteiger partial charge in [0.05, 0.1) is 22.2 Å². The monoisotopic (exact) mass is 638 g/mol. The molecule has 0 atom stereocenters. The maximum atomic E-state index is 5.29. The zero-order valence-electron chi connectivity index (χ0n) is 27.1. The van der Waals surface area contributed by atoms with Crippen molar-refractivity contribution < 1.29 is 0 Å². The highest BCUT2D eigenvalue weighted by atomic mass is 15.1. The van der Waals surface area contributed by atoms with Crippen molar-refractivity contribution in [3.8, 4) is 45.0 Å². The number of rotatable bonds is 5. The van der Waals surface area contributed by atoms with Gasteiger partial charge in [0.25, 0.3) is 0 Å². The largest absolute Gasteiger partial charge is 0.294 e. The van der Waals surface area contributed by atoms with Crippen LogP contribution in [0.25, 0.3) is 88.8 Å². The standard InChI is InChI=1S/C46H30N4/c1-4-14-31(15-5-1)34-28-41(32-16-6-2-7-17-32)48-45(29-34)50-43-23-13-10-20-37(43)39-26-33(24-25-44(39)50)35-27-40-38-21-11-12-22-42(38)49(46(40)47-30-35)36-18-8-3-9-19-36/h1-30H. The first kappa shape index (κ1) is 28.3. The average molecular weight is 639 g/mol. The molecular weight excluding hydrogens is 609 g/mol. The summed E-state index contributed by atoms with van der Waals surface area (Å²) in [6, 6.07) is 62.1. The van der Waals surface area contributed by atoms with E-state index < -0.39 is 0 Å². The van der Waals surface area contributed by atoms with Gasteiger partial charge in [-0.05, 0) is 71.3 Å². The molecule has 0 saturated carbocycles. The number of aromatic nitrogens is 4. The van der Waals surface area contributed by atoms with Crippen molar-refractivity contribution in [2.75, 3.05) is 0 Å². The van der Waals surface area contributed by atoms with Gasteiger partial charge in [-0.2, -0.15) is 0 Å². The molecule has 0 unspecified atom stereocenters. The Balaban J connectivity index is 1.17. The number of pyridine rings is 2. The van der Waals surface area contributed by atoms with Crippen LogP contribution >= 0.6 is 0 Å². The van der Waals surface area contributed by atoms with Gasteiger partial charge in [0.1, 0.15) is 11.5 Å². The van der Waals surface area contributed by atoms with Crippen molar-refractivity contribution in [2.45, 2.75) is 0 Å². The van der Waals surface area contributed by atoms with Crippen molar-refractivity contribution in [1.29, 1.82) is 0 Å². The van der Waals surface area contributed by atoms with Crippen LogP contribution in [-0.4, -0.2) is 19.1 Å². The minimum Gasteiger partial charge on any atom is -0.294 e. The predicted molar refractivity (Wildman–Crippen MR) is 207 cm³/mol. The Morgan fingerprint density at radius 3 is 1.68 bits per heavy atom. The Morgan fingerprint density at radius 1 is 0.360 bits per heavy atom. The topological polar surface area (TPSA) is 35.6 Å². The Bertz CT molecular complexity index is 2790. The van der Waals surface area contributed by atoms with Gasteiger partial charge in [0.15, 0.2) is 0 Å².